The van der Waals surface area contributed by atoms with Gasteiger partial charge in [-0.05, 0) is 42.0 Å². The number of hydrogen-bond donors (Lipinski definition) is 0. The number of rotatable bonds is 5. The van der Waals surface area contributed by atoms with Crippen LogP contribution in [0.3, 0.4) is 0 Å². The second-order valence-corrected chi connectivity index (χ2v) is 8.88. The molecule has 0 amide bonds. The molecule has 0 aliphatic carbocycles. The molecule has 1 aliphatic heterocycles. The van der Waals surface area contributed by atoms with Crippen molar-refractivity contribution >= 4 is 15.8 Å². The van der Waals surface area contributed by atoms with Crippen LogP contribution in [0, 0.1) is 5.82 Å². The Morgan fingerprint density at radius 1 is 0.828 bits per heavy atom. The average Bonchev–Trinajstić information content (AvgIpc) is 2.75. The molecule has 0 spiro atoms. The Kier molecular flexibility index (Phi) is 5.55. The fourth-order valence-corrected chi connectivity index (χ4v) is 4.86. The zero-order valence-electron chi connectivity index (χ0n) is 15.8. The van der Waals surface area contributed by atoms with Crippen molar-refractivity contribution in [3.63, 3.8) is 0 Å². The second-order valence-electron chi connectivity index (χ2n) is 6.91. The topological polar surface area (TPSA) is 66.4 Å². The molecule has 150 valence electrons. The molecule has 1 saturated heterocycles. The number of aromatic nitrogens is 2. The Morgan fingerprint density at radius 2 is 1.52 bits per heavy atom. The van der Waals surface area contributed by atoms with Crippen LogP contribution in [0.2, 0.25) is 0 Å². The summed E-state index contributed by atoms with van der Waals surface area (Å²) in [5.74, 6) is 0.425. The van der Waals surface area contributed by atoms with Crippen molar-refractivity contribution in [2.24, 2.45) is 0 Å². The van der Waals surface area contributed by atoms with E-state index in [0.29, 0.717) is 37.7 Å². The predicted octanol–water partition coefficient (Wildman–Crippen LogP) is 2.93. The number of anilines is 1. The normalized spacial score (nSPS) is 15.4. The Labute approximate surface area is 169 Å². The highest BCUT2D eigenvalue weighted by Crippen LogP contribution is 2.21. The largest absolute Gasteiger partial charge is 0.352 e. The van der Waals surface area contributed by atoms with Crippen LogP contribution in [0.25, 0.3) is 11.3 Å². The third-order valence-electron chi connectivity index (χ3n) is 4.94. The second kappa shape index (κ2) is 8.26. The molecule has 0 atom stereocenters. The summed E-state index contributed by atoms with van der Waals surface area (Å²) in [6.07, 6.45) is 0. The number of piperazine rings is 1. The SMILES string of the molecule is O=S(=O)(Cc1ccccc1)N1CCN(c2ccc(-c3ccc(F)cc3)nn2)CC1. The predicted molar refractivity (Wildman–Crippen MR) is 110 cm³/mol. The third kappa shape index (κ3) is 4.60. The van der Waals surface area contributed by atoms with Crippen molar-refractivity contribution in [1.82, 2.24) is 14.5 Å². The Bertz CT molecular complexity index is 1050. The molecule has 8 heteroatoms. The quantitative estimate of drug-likeness (QED) is 0.645. The molecule has 29 heavy (non-hydrogen) atoms. The molecule has 3 aromatic rings. The van der Waals surface area contributed by atoms with Crippen LogP contribution in [0.1, 0.15) is 5.56 Å². The number of halogens is 1. The van der Waals surface area contributed by atoms with Gasteiger partial charge in [0.1, 0.15) is 5.82 Å². The molecule has 1 aromatic heterocycles. The van der Waals surface area contributed by atoms with Crippen molar-refractivity contribution in [3.05, 3.63) is 78.1 Å². The van der Waals surface area contributed by atoms with E-state index >= 15 is 0 Å². The lowest BCUT2D eigenvalue weighted by atomic mass is 10.1. The van der Waals surface area contributed by atoms with Gasteiger partial charge in [0.05, 0.1) is 11.4 Å². The van der Waals surface area contributed by atoms with Crippen molar-refractivity contribution < 1.29 is 12.8 Å². The van der Waals surface area contributed by atoms with Crippen molar-refractivity contribution in [2.75, 3.05) is 31.1 Å². The molecule has 2 aromatic carbocycles. The van der Waals surface area contributed by atoms with Gasteiger partial charge in [-0.3, -0.25) is 0 Å². The van der Waals surface area contributed by atoms with Gasteiger partial charge in [-0.25, -0.2) is 12.8 Å². The maximum atomic E-state index is 13.1. The van der Waals surface area contributed by atoms with Crippen LogP contribution < -0.4 is 4.90 Å². The van der Waals surface area contributed by atoms with Gasteiger partial charge in [0.2, 0.25) is 10.0 Å². The van der Waals surface area contributed by atoms with Gasteiger partial charge < -0.3 is 4.90 Å². The fourth-order valence-electron chi connectivity index (χ4n) is 3.34. The highest BCUT2D eigenvalue weighted by atomic mass is 32.2. The van der Waals surface area contributed by atoms with E-state index in [0.717, 1.165) is 11.1 Å². The van der Waals surface area contributed by atoms with Crippen LogP contribution in [0.5, 0.6) is 0 Å². The standard InChI is InChI=1S/C21H21FN4O2S/c22-19-8-6-18(7-9-19)20-10-11-21(24-23-20)25-12-14-26(15-13-25)29(27,28)16-17-4-2-1-3-5-17/h1-11H,12-16H2. The number of hydrogen-bond acceptors (Lipinski definition) is 5. The minimum atomic E-state index is -3.35. The molecular weight excluding hydrogens is 391 g/mol. The highest BCUT2D eigenvalue weighted by Gasteiger charge is 2.27. The number of benzene rings is 2. The summed E-state index contributed by atoms with van der Waals surface area (Å²) in [6.45, 7) is 1.93. The van der Waals surface area contributed by atoms with Crippen LogP contribution in [0.4, 0.5) is 10.2 Å². The summed E-state index contributed by atoms with van der Waals surface area (Å²) in [5, 5.41) is 8.50. The zero-order valence-corrected chi connectivity index (χ0v) is 16.6. The summed E-state index contributed by atoms with van der Waals surface area (Å²) in [4.78, 5) is 2.02. The first-order valence-electron chi connectivity index (χ1n) is 9.38. The lowest BCUT2D eigenvalue weighted by molar-refractivity contribution is 0.383. The minimum absolute atomic E-state index is 0.0139. The van der Waals surface area contributed by atoms with E-state index in [1.807, 2.05) is 47.4 Å². The van der Waals surface area contributed by atoms with Gasteiger partial charge in [-0.2, -0.15) is 4.31 Å². The van der Waals surface area contributed by atoms with Crippen LogP contribution >= 0.6 is 0 Å². The van der Waals surface area contributed by atoms with Crippen molar-refractivity contribution in [3.8, 4) is 11.3 Å². The fraction of sp³-hybridized carbons (Fsp3) is 0.238. The maximum absolute atomic E-state index is 13.1. The molecular formula is C21H21FN4O2S. The Hall–Kier alpha value is -2.84. The molecule has 4 rings (SSSR count). The first kappa shape index (κ1) is 19.5. The summed E-state index contributed by atoms with van der Waals surface area (Å²) in [7, 11) is -3.35. The Morgan fingerprint density at radius 3 is 2.14 bits per heavy atom. The monoisotopic (exact) mass is 412 g/mol. The summed E-state index contributed by atoms with van der Waals surface area (Å²) < 4.78 is 39.9. The van der Waals surface area contributed by atoms with Gasteiger partial charge in [-0.1, -0.05) is 30.3 Å². The molecule has 0 unspecified atom stereocenters. The van der Waals surface area contributed by atoms with E-state index in [-0.39, 0.29) is 11.6 Å². The van der Waals surface area contributed by atoms with Gasteiger partial charge >= 0.3 is 0 Å². The number of nitrogens with zero attached hydrogens (tertiary/aromatic N) is 4. The Balaban J connectivity index is 1.38. The lowest BCUT2D eigenvalue weighted by Gasteiger charge is -2.34. The van der Waals surface area contributed by atoms with E-state index in [1.165, 1.54) is 16.4 Å². The van der Waals surface area contributed by atoms with E-state index in [9.17, 15) is 12.8 Å². The zero-order chi connectivity index (χ0) is 20.3. The molecule has 6 nitrogen and oxygen atoms in total. The van der Waals surface area contributed by atoms with E-state index < -0.39 is 10.0 Å². The minimum Gasteiger partial charge on any atom is -0.352 e. The summed E-state index contributed by atoms with van der Waals surface area (Å²) in [6, 6.07) is 19.0. The van der Waals surface area contributed by atoms with Crippen LogP contribution in [-0.2, 0) is 15.8 Å². The maximum Gasteiger partial charge on any atom is 0.218 e. The molecule has 0 saturated carbocycles. The first-order chi connectivity index (χ1) is 14.0. The summed E-state index contributed by atoms with van der Waals surface area (Å²) in [5.41, 5.74) is 2.25. The van der Waals surface area contributed by atoms with Gasteiger partial charge in [0.15, 0.2) is 5.82 Å². The highest BCUT2D eigenvalue weighted by molar-refractivity contribution is 7.88. The average molecular weight is 412 g/mol. The van der Waals surface area contributed by atoms with E-state index in [4.69, 9.17) is 0 Å². The molecule has 0 N–H and O–H groups in total. The third-order valence-corrected chi connectivity index (χ3v) is 6.79. The molecule has 0 bridgehead atoms. The molecule has 2 heterocycles. The van der Waals surface area contributed by atoms with Crippen LogP contribution in [-0.4, -0.2) is 49.1 Å². The first-order valence-corrected chi connectivity index (χ1v) is 11.0. The van der Waals surface area contributed by atoms with Gasteiger partial charge in [0.25, 0.3) is 0 Å². The van der Waals surface area contributed by atoms with E-state index in [1.54, 1.807) is 12.1 Å². The molecule has 1 fully saturated rings. The van der Waals surface area contributed by atoms with Crippen molar-refractivity contribution in [2.45, 2.75) is 5.75 Å². The summed E-state index contributed by atoms with van der Waals surface area (Å²) >= 11 is 0. The lowest BCUT2D eigenvalue weighted by Crippen LogP contribution is -2.49. The van der Waals surface area contributed by atoms with Crippen molar-refractivity contribution in [1.29, 1.82) is 0 Å². The van der Waals surface area contributed by atoms with Gasteiger partial charge in [0, 0.05) is 31.7 Å². The smallest absolute Gasteiger partial charge is 0.218 e. The number of sulfonamides is 1. The van der Waals surface area contributed by atoms with E-state index in [2.05, 4.69) is 10.2 Å². The van der Waals surface area contributed by atoms with Crippen LogP contribution in [0.15, 0.2) is 66.7 Å². The molecule has 1 aliphatic rings. The van der Waals surface area contributed by atoms with Gasteiger partial charge in [-0.15, -0.1) is 10.2 Å². The molecule has 0 radical (unpaired) electrons.